The first-order valence-corrected chi connectivity index (χ1v) is 5.12. The van der Waals surface area contributed by atoms with Crippen LogP contribution in [0.2, 0.25) is 0 Å². The number of nitrogens with zero attached hydrogens (tertiary/aromatic N) is 1. The van der Waals surface area contributed by atoms with Gasteiger partial charge >= 0.3 is 5.97 Å². The van der Waals surface area contributed by atoms with Crippen LogP contribution in [-0.4, -0.2) is 47.6 Å². The minimum atomic E-state index is -0.693. The molecule has 0 aliphatic rings. The SMILES string of the molecule is CCC(SCCN(C)C)C(=O)O. The van der Waals surface area contributed by atoms with Crippen molar-refractivity contribution in [2.24, 2.45) is 0 Å². The largest absolute Gasteiger partial charge is 0.480 e. The summed E-state index contributed by atoms with van der Waals surface area (Å²) >= 11 is 1.52. The number of hydrogen-bond acceptors (Lipinski definition) is 3. The summed E-state index contributed by atoms with van der Waals surface area (Å²) in [6.45, 7) is 2.84. The second-order valence-corrected chi connectivity index (χ2v) is 4.22. The van der Waals surface area contributed by atoms with Gasteiger partial charge in [0, 0.05) is 12.3 Å². The molecule has 0 saturated heterocycles. The van der Waals surface area contributed by atoms with Gasteiger partial charge in [-0.1, -0.05) is 6.92 Å². The highest BCUT2D eigenvalue weighted by Gasteiger charge is 2.14. The average Bonchev–Trinajstić information content (AvgIpc) is 1.96. The Morgan fingerprint density at radius 2 is 2.17 bits per heavy atom. The number of rotatable bonds is 6. The normalized spacial score (nSPS) is 13.3. The lowest BCUT2D eigenvalue weighted by molar-refractivity contribution is -0.136. The van der Waals surface area contributed by atoms with Crippen LogP contribution < -0.4 is 0 Å². The van der Waals surface area contributed by atoms with Crippen molar-refractivity contribution in [3.63, 3.8) is 0 Å². The van der Waals surface area contributed by atoms with E-state index in [0.717, 1.165) is 12.3 Å². The Labute approximate surface area is 78.1 Å². The molecule has 3 nitrogen and oxygen atoms in total. The van der Waals surface area contributed by atoms with Crippen LogP contribution >= 0.6 is 11.8 Å². The van der Waals surface area contributed by atoms with E-state index >= 15 is 0 Å². The van der Waals surface area contributed by atoms with Gasteiger partial charge in [-0.15, -0.1) is 11.8 Å². The summed E-state index contributed by atoms with van der Waals surface area (Å²) in [7, 11) is 3.98. The van der Waals surface area contributed by atoms with Crippen LogP contribution in [0, 0.1) is 0 Å². The Kier molecular flexibility index (Phi) is 6.20. The van der Waals surface area contributed by atoms with E-state index < -0.39 is 5.97 Å². The van der Waals surface area contributed by atoms with E-state index in [0.29, 0.717) is 6.42 Å². The lowest BCUT2D eigenvalue weighted by atomic mass is 10.3. The maximum Gasteiger partial charge on any atom is 0.316 e. The number of thioether (sulfide) groups is 1. The van der Waals surface area contributed by atoms with E-state index in [1.165, 1.54) is 11.8 Å². The van der Waals surface area contributed by atoms with Crippen LogP contribution in [-0.2, 0) is 4.79 Å². The maximum atomic E-state index is 10.6. The van der Waals surface area contributed by atoms with Crippen LogP contribution in [0.25, 0.3) is 0 Å². The molecule has 0 radical (unpaired) electrons. The molecule has 1 atom stereocenters. The molecule has 0 aliphatic heterocycles. The van der Waals surface area contributed by atoms with Crippen LogP contribution in [0.4, 0.5) is 0 Å². The molecule has 0 amide bonds. The third kappa shape index (κ3) is 5.43. The van der Waals surface area contributed by atoms with Gasteiger partial charge in [-0.3, -0.25) is 4.79 Å². The molecule has 0 saturated carbocycles. The van der Waals surface area contributed by atoms with Gasteiger partial charge in [0.1, 0.15) is 5.25 Å². The van der Waals surface area contributed by atoms with Crippen molar-refractivity contribution in [2.45, 2.75) is 18.6 Å². The lowest BCUT2D eigenvalue weighted by Crippen LogP contribution is -2.20. The second-order valence-electron chi connectivity index (χ2n) is 2.91. The molecule has 12 heavy (non-hydrogen) atoms. The number of aliphatic carboxylic acids is 1. The highest BCUT2D eigenvalue weighted by atomic mass is 32.2. The van der Waals surface area contributed by atoms with Crippen molar-refractivity contribution >= 4 is 17.7 Å². The van der Waals surface area contributed by atoms with Gasteiger partial charge in [-0.05, 0) is 20.5 Å². The second kappa shape index (κ2) is 6.31. The predicted octanol–water partition coefficient (Wildman–Crippen LogP) is 1.14. The van der Waals surface area contributed by atoms with Crippen molar-refractivity contribution in [3.8, 4) is 0 Å². The Morgan fingerprint density at radius 3 is 2.50 bits per heavy atom. The topological polar surface area (TPSA) is 40.5 Å². The number of carbonyl (C=O) groups is 1. The summed E-state index contributed by atoms with van der Waals surface area (Å²) in [5, 5.41) is 8.47. The van der Waals surface area contributed by atoms with Gasteiger partial charge < -0.3 is 10.0 Å². The first kappa shape index (κ1) is 11.8. The first-order valence-electron chi connectivity index (χ1n) is 4.07. The van der Waals surface area contributed by atoms with Crippen LogP contribution in [0.3, 0.4) is 0 Å². The molecule has 0 heterocycles. The maximum absolute atomic E-state index is 10.6. The summed E-state index contributed by atoms with van der Waals surface area (Å²) in [6, 6.07) is 0. The molecule has 0 aromatic carbocycles. The highest BCUT2D eigenvalue weighted by Crippen LogP contribution is 2.14. The van der Waals surface area contributed by atoms with Gasteiger partial charge in [0.05, 0.1) is 0 Å². The molecule has 1 N–H and O–H groups in total. The molecule has 1 unspecified atom stereocenters. The molecular formula is C8H17NO2S. The van der Waals surface area contributed by atoms with Gasteiger partial charge in [0.2, 0.25) is 0 Å². The molecule has 0 spiro atoms. The van der Waals surface area contributed by atoms with Gasteiger partial charge in [0.25, 0.3) is 0 Å². The number of carboxylic acid groups (broad SMARTS) is 1. The zero-order valence-electron chi connectivity index (χ0n) is 7.91. The van der Waals surface area contributed by atoms with E-state index in [-0.39, 0.29) is 5.25 Å². The zero-order valence-corrected chi connectivity index (χ0v) is 8.73. The predicted molar refractivity (Wildman–Crippen MR) is 52.7 cm³/mol. The van der Waals surface area contributed by atoms with Crippen LogP contribution in [0.1, 0.15) is 13.3 Å². The Morgan fingerprint density at radius 1 is 1.58 bits per heavy atom. The van der Waals surface area contributed by atoms with Crippen LogP contribution in [0.5, 0.6) is 0 Å². The molecule has 0 aliphatic carbocycles. The third-order valence-electron chi connectivity index (χ3n) is 1.50. The molecule has 0 aromatic heterocycles. The van der Waals surface area contributed by atoms with E-state index in [9.17, 15) is 4.79 Å². The molecule has 0 rings (SSSR count). The highest BCUT2D eigenvalue weighted by molar-refractivity contribution is 8.00. The third-order valence-corrected chi connectivity index (χ3v) is 2.86. The van der Waals surface area contributed by atoms with E-state index in [1.807, 2.05) is 21.0 Å². The van der Waals surface area contributed by atoms with Crippen molar-refractivity contribution < 1.29 is 9.90 Å². The lowest BCUT2D eigenvalue weighted by Gasteiger charge is -2.12. The quantitative estimate of drug-likeness (QED) is 0.683. The standard InChI is InChI=1S/C8H17NO2S/c1-4-7(8(10)11)12-6-5-9(2)3/h7H,4-6H2,1-3H3,(H,10,11). The molecule has 0 fully saturated rings. The summed E-state index contributed by atoms with van der Waals surface area (Å²) in [4.78, 5) is 12.6. The molecular weight excluding hydrogens is 174 g/mol. The smallest absolute Gasteiger partial charge is 0.316 e. The van der Waals surface area contributed by atoms with Gasteiger partial charge in [0.15, 0.2) is 0 Å². The van der Waals surface area contributed by atoms with Gasteiger partial charge in [-0.25, -0.2) is 0 Å². The minimum Gasteiger partial charge on any atom is -0.480 e. The van der Waals surface area contributed by atoms with E-state index in [2.05, 4.69) is 4.90 Å². The van der Waals surface area contributed by atoms with Crippen LogP contribution in [0.15, 0.2) is 0 Å². The Balaban J connectivity index is 3.52. The van der Waals surface area contributed by atoms with Crippen molar-refractivity contribution in [1.29, 1.82) is 0 Å². The first-order chi connectivity index (χ1) is 5.57. The molecule has 0 bridgehead atoms. The Bertz CT molecular complexity index is 139. The Hall–Kier alpha value is -0.220. The zero-order chi connectivity index (χ0) is 9.56. The van der Waals surface area contributed by atoms with E-state index in [4.69, 9.17) is 5.11 Å². The fraction of sp³-hybridized carbons (Fsp3) is 0.875. The summed E-state index contributed by atoms with van der Waals surface area (Å²) < 4.78 is 0. The van der Waals surface area contributed by atoms with Gasteiger partial charge in [-0.2, -0.15) is 0 Å². The molecule has 4 heteroatoms. The number of hydrogen-bond donors (Lipinski definition) is 1. The fourth-order valence-corrected chi connectivity index (χ4v) is 1.87. The van der Waals surface area contributed by atoms with E-state index in [1.54, 1.807) is 0 Å². The summed E-state index contributed by atoms with van der Waals surface area (Å²) in [5.41, 5.74) is 0. The number of carboxylic acids is 1. The molecule has 0 aromatic rings. The van der Waals surface area contributed by atoms with Crippen molar-refractivity contribution in [3.05, 3.63) is 0 Å². The minimum absolute atomic E-state index is 0.232. The average molecular weight is 191 g/mol. The van der Waals surface area contributed by atoms with Crippen molar-refractivity contribution in [2.75, 3.05) is 26.4 Å². The summed E-state index contributed by atoms with van der Waals surface area (Å²) in [5.74, 6) is 0.193. The monoisotopic (exact) mass is 191 g/mol. The summed E-state index contributed by atoms with van der Waals surface area (Å²) in [6.07, 6.45) is 0.702. The van der Waals surface area contributed by atoms with Crippen molar-refractivity contribution in [1.82, 2.24) is 4.90 Å². The fourth-order valence-electron chi connectivity index (χ4n) is 0.741. The molecule has 72 valence electrons.